The van der Waals surface area contributed by atoms with Gasteiger partial charge in [0, 0.05) is 43.9 Å². The number of ether oxygens (including phenoxy) is 2. The molecule has 1 N–H and O–H groups in total. The normalized spacial score (nSPS) is 17.2. The Bertz CT molecular complexity index is 971. The molecule has 0 atom stereocenters. The van der Waals surface area contributed by atoms with Crippen molar-refractivity contribution >= 4 is 23.2 Å². The minimum atomic E-state index is 0.108. The van der Waals surface area contributed by atoms with Gasteiger partial charge in [0.05, 0.1) is 13.7 Å². The van der Waals surface area contributed by atoms with Crippen molar-refractivity contribution in [1.82, 2.24) is 15.1 Å². The van der Waals surface area contributed by atoms with Crippen LogP contribution in [0.4, 0.5) is 0 Å². The van der Waals surface area contributed by atoms with Crippen LogP contribution in [0.25, 0.3) is 0 Å². The molecule has 6 nitrogen and oxygen atoms in total. The van der Waals surface area contributed by atoms with Gasteiger partial charge in [-0.05, 0) is 74.2 Å². The molecule has 2 saturated heterocycles. The summed E-state index contributed by atoms with van der Waals surface area (Å²) in [5, 5.41) is 4.20. The smallest absolute Gasteiger partial charge is 0.253 e. The molecule has 2 aromatic rings. The molecule has 7 heteroatoms. The van der Waals surface area contributed by atoms with E-state index in [2.05, 4.69) is 16.3 Å². The number of hydrogen-bond acceptors (Lipinski definition) is 4. The highest BCUT2D eigenvalue weighted by molar-refractivity contribution is 7.80. The van der Waals surface area contributed by atoms with E-state index in [0.717, 1.165) is 73.2 Å². The van der Waals surface area contributed by atoms with Crippen molar-refractivity contribution in [2.75, 3.05) is 39.9 Å². The van der Waals surface area contributed by atoms with Crippen LogP contribution >= 0.6 is 12.2 Å². The molecular formula is C26H33N3O3S. The SMILES string of the molecule is CCOc1ccc(C(=O)N2CCC3(CC2)CCN(C(=S)NCc2ccccc2OC)C3)cc1. The van der Waals surface area contributed by atoms with Crippen LogP contribution in [0.1, 0.15) is 42.1 Å². The number of likely N-dealkylation sites (tertiary alicyclic amines) is 2. The van der Waals surface area contributed by atoms with Crippen LogP contribution < -0.4 is 14.8 Å². The summed E-state index contributed by atoms with van der Waals surface area (Å²) in [7, 11) is 1.69. The molecule has 2 aliphatic heterocycles. The van der Waals surface area contributed by atoms with E-state index in [1.54, 1.807) is 7.11 Å². The summed E-state index contributed by atoms with van der Waals surface area (Å²) in [6, 6.07) is 15.5. The number of benzene rings is 2. The van der Waals surface area contributed by atoms with Crippen molar-refractivity contribution in [2.45, 2.75) is 32.7 Å². The predicted octanol–water partition coefficient (Wildman–Crippen LogP) is 4.10. The third-order valence-electron chi connectivity index (χ3n) is 6.87. The molecule has 1 amide bonds. The predicted molar refractivity (Wildman–Crippen MR) is 134 cm³/mol. The highest BCUT2D eigenvalue weighted by Crippen LogP contribution is 2.40. The fraction of sp³-hybridized carbons (Fsp3) is 0.462. The van der Waals surface area contributed by atoms with Gasteiger partial charge >= 0.3 is 0 Å². The van der Waals surface area contributed by atoms with Crippen LogP contribution in [0.15, 0.2) is 48.5 Å². The molecule has 0 aliphatic carbocycles. The fourth-order valence-corrected chi connectivity index (χ4v) is 5.10. The van der Waals surface area contributed by atoms with Crippen molar-refractivity contribution in [3.05, 3.63) is 59.7 Å². The quantitative estimate of drug-likeness (QED) is 0.646. The van der Waals surface area contributed by atoms with Crippen molar-refractivity contribution in [3.63, 3.8) is 0 Å². The summed E-state index contributed by atoms with van der Waals surface area (Å²) in [5.74, 6) is 1.78. The second-order valence-electron chi connectivity index (χ2n) is 8.89. The Labute approximate surface area is 201 Å². The van der Waals surface area contributed by atoms with E-state index in [1.807, 2.05) is 54.3 Å². The Hall–Kier alpha value is -2.80. The first-order valence-electron chi connectivity index (χ1n) is 11.7. The van der Waals surface area contributed by atoms with Gasteiger partial charge in [-0.1, -0.05) is 18.2 Å². The third kappa shape index (κ3) is 5.41. The average molecular weight is 468 g/mol. The van der Waals surface area contributed by atoms with Crippen LogP contribution in [0.5, 0.6) is 11.5 Å². The van der Waals surface area contributed by atoms with E-state index >= 15 is 0 Å². The third-order valence-corrected chi connectivity index (χ3v) is 7.27. The zero-order chi connectivity index (χ0) is 23.3. The lowest BCUT2D eigenvalue weighted by Gasteiger charge is -2.39. The van der Waals surface area contributed by atoms with Gasteiger partial charge in [0.25, 0.3) is 5.91 Å². The van der Waals surface area contributed by atoms with Gasteiger partial charge in [0.15, 0.2) is 5.11 Å². The summed E-state index contributed by atoms with van der Waals surface area (Å²) in [4.78, 5) is 17.2. The number of para-hydroxylation sites is 1. The zero-order valence-corrected chi connectivity index (χ0v) is 20.3. The highest BCUT2D eigenvalue weighted by atomic mass is 32.1. The first kappa shape index (κ1) is 23.4. The van der Waals surface area contributed by atoms with Crippen LogP contribution in [0, 0.1) is 5.41 Å². The standard InChI is InChI=1S/C26H33N3O3S/c1-3-32-22-10-8-20(9-11-22)24(30)28-15-12-26(13-16-28)14-17-29(19-26)25(33)27-18-21-6-4-5-7-23(21)31-2/h4-11H,3,12-19H2,1-2H3,(H,27,33). The largest absolute Gasteiger partial charge is 0.496 e. The second kappa shape index (κ2) is 10.4. The van der Waals surface area contributed by atoms with Crippen LogP contribution in [-0.4, -0.2) is 60.7 Å². The molecule has 33 heavy (non-hydrogen) atoms. The van der Waals surface area contributed by atoms with Gasteiger partial charge < -0.3 is 24.6 Å². The number of hydrogen-bond donors (Lipinski definition) is 1. The summed E-state index contributed by atoms with van der Waals surface area (Å²) in [5.41, 5.74) is 2.06. The number of amides is 1. The molecule has 2 aliphatic rings. The fourth-order valence-electron chi connectivity index (χ4n) is 4.88. The molecule has 1 spiro atoms. The lowest BCUT2D eigenvalue weighted by atomic mass is 9.77. The highest BCUT2D eigenvalue weighted by Gasteiger charge is 2.42. The molecule has 2 aromatic carbocycles. The van der Waals surface area contributed by atoms with Gasteiger partial charge in [0.2, 0.25) is 0 Å². The summed E-state index contributed by atoms with van der Waals surface area (Å²) in [6.45, 7) is 6.73. The van der Waals surface area contributed by atoms with Gasteiger partial charge in [-0.3, -0.25) is 4.79 Å². The lowest BCUT2D eigenvalue weighted by Crippen LogP contribution is -2.45. The van der Waals surface area contributed by atoms with Crippen molar-refractivity contribution in [2.24, 2.45) is 5.41 Å². The summed E-state index contributed by atoms with van der Waals surface area (Å²) >= 11 is 5.70. The maximum Gasteiger partial charge on any atom is 0.253 e. The average Bonchev–Trinajstić information content (AvgIpc) is 3.27. The molecule has 0 aromatic heterocycles. The monoisotopic (exact) mass is 467 g/mol. The van der Waals surface area contributed by atoms with E-state index in [9.17, 15) is 4.79 Å². The minimum absolute atomic E-state index is 0.108. The van der Waals surface area contributed by atoms with Crippen LogP contribution in [0.3, 0.4) is 0 Å². The molecule has 0 unspecified atom stereocenters. The molecule has 0 saturated carbocycles. The van der Waals surface area contributed by atoms with Gasteiger partial charge in [-0.2, -0.15) is 0 Å². The van der Waals surface area contributed by atoms with Crippen molar-refractivity contribution in [3.8, 4) is 11.5 Å². The summed E-state index contributed by atoms with van der Waals surface area (Å²) in [6.07, 6.45) is 3.15. The maximum absolute atomic E-state index is 13.0. The molecule has 4 rings (SSSR count). The minimum Gasteiger partial charge on any atom is -0.496 e. The molecule has 0 bridgehead atoms. The zero-order valence-electron chi connectivity index (χ0n) is 19.5. The Kier molecular flexibility index (Phi) is 7.38. The second-order valence-corrected chi connectivity index (χ2v) is 9.28. The van der Waals surface area contributed by atoms with Crippen LogP contribution in [-0.2, 0) is 6.54 Å². The first-order chi connectivity index (χ1) is 16.0. The van der Waals surface area contributed by atoms with Crippen LogP contribution in [0.2, 0.25) is 0 Å². The number of carbonyl (C=O) groups is 1. The molecule has 0 radical (unpaired) electrons. The van der Waals surface area contributed by atoms with E-state index in [-0.39, 0.29) is 11.3 Å². The van der Waals surface area contributed by atoms with E-state index in [0.29, 0.717) is 13.2 Å². The molecule has 2 fully saturated rings. The lowest BCUT2D eigenvalue weighted by molar-refractivity contribution is 0.0598. The Morgan fingerprint density at radius 1 is 1.03 bits per heavy atom. The number of methoxy groups -OCH3 is 1. The molecular weight excluding hydrogens is 434 g/mol. The van der Waals surface area contributed by atoms with E-state index < -0.39 is 0 Å². The number of nitrogens with one attached hydrogen (secondary N) is 1. The Balaban J connectivity index is 1.27. The van der Waals surface area contributed by atoms with Crippen molar-refractivity contribution in [1.29, 1.82) is 0 Å². The van der Waals surface area contributed by atoms with E-state index in [1.165, 1.54) is 0 Å². The molecule has 2 heterocycles. The number of carbonyl (C=O) groups excluding carboxylic acids is 1. The Morgan fingerprint density at radius 3 is 2.36 bits per heavy atom. The maximum atomic E-state index is 13.0. The van der Waals surface area contributed by atoms with Gasteiger partial charge in [0.1, 0.15) is 11.5 Å². The molecule has 176 valence electrons. The van der Waals surface area contributed by atoms with Gasteiger partial charge in [-0.15, -0.1) is 0 Å². The first-order valence-corrected chi connectivity index (χ1v) is 12.1. The number of thiocarbonyl (C=S) groups is 1. The number of nitrogens with zero attached hydrogens (tertiary/aromatic N) is 2. The van der Waals surface area contributed by atoms with Gasteiger partial charge in [-0.25, -0.2) is 0 Å². The number of rotatable bonds is 6. The number of piperidine rings is 1. The topological polar surface area (TPSA) is 54.0 Å². The van der Waals surface area contributed by atoms with Crippen molar-refractivity contribution < 1.29 is 14.3 Å². The van der Waals surface area contributed by atoms with E-state index in [4.69, 9.17) is 21.7 Å². The summed E-state index contributed by atoms with van der Waals surface area (Å²) < 4.78 is 10.9. The Morgan fingerprint density at radius 2 is 1.70 bits per heavy atom.